The van der Waals surface area contributed by atoms with Crippen molar-refractivity contribution in [2.45, 2.75) is 13.1 Å². The molecule has 0 radical (unpaired) electrons. The molecule has 2 rings (SSSR count). The highest BCUT2D eigenvalue weighted by atomic mass is 16.3. The Balaban J connectivity index is 1.79. The Morgan fingerprint density at radius 3 is 3.00 bits per heavy atom. The van der Waals surface area contributed by atoms with Gasteiger partial charge in [0.2, 0.25) is 0 Å². The number of rotatable bonds is 4. The zero-order valence-electron chi connectivity index (χ0n) is 7.68. The Hall–Kier alpha value is -1.68. The van der Waals surface area contributed by atoms with E-state index in [4.69, 9.17) is 4.42 Å². The maximum Gasteiger partial charge on any atom is 0.0947 e. The Morgan fingerprint density at radius 2 is 2.29 bits per heavy atom. The van der Waals surface area contributed by atoms with Crippen LogP contribution in [0, 0.1) is 0 Å². The monoisotopic (exact) mass is 189 g/mol. The minimum absolute atomic E-state index is 0.721. The SMILES string of the molecule is c1cnc(CNCc2ccoc2)cn1. The van der Waals surface area contributed by atoms with Crippen LogP contribution in [0.5, 0.6) is 0 Å². The van der Waals surface area contributed by atoms with Crippen LogP contribution in [0.4, 0.5) is 0 Å². The Labute approximate surface area is 82.0 Å². The molecule has 0 amide bonds. The molecule has 4 heteroatoms. The first-order chi connectivity index (χ1) is 6.95. The first kappa shape index (κ1) is 8.90. The molecule has 14 heavy (non-hydrogen) atoms. The minimum atomic E-state index is 0.721. The van der Waals surface area contributed by atoms with Gasteiger partial charge in [0.25, 0.3) is 0 Å². The van der Waals surface area contributed by atoms with Gasteiger partial charge in [-0.15, -0.1) is 0 Å². The van der Waals surface area contributed by atoms with E-state index in [9.17, 15) is 0 Å². The number of aromatic nitrogens is 2. The Bertz CT molecular complexity index is 358. The molecule has 2 aromatic rings. The second kappa shape index (κ2) is 4.53. The number of furan rings is 1. The lowest BCUT2D eigenvalue weighted by atomic mass is 10.3. The van der Waals surface area contributed by atoms with Gasteiger partial charge in [-0.3, -0.25) is 9.97 Å². The van der Waals surface area contributed by atoms with Gasteiger partial charge in [-0.2, -0.15) is 0 Å². The zero-order valence-corrected chi connectivity index (χ0v) is 7.68. The van der Waals surface area contributed by atoms with E-state index in [1.807, 2.05) is 6.07 Å². The van der Waals surface area contributed by atoms with Gasteiger partial charge < -0.3 is 9.73 Å². The molecule has 0 atom stereocenters. The summed E-state index contributed by atoms with van der Waals surface area (Å²) in [6.45, 7) is 1.51. The molecular weight excluding hydrogens is 178 g/mol. The first-order valence-electron chi connectivity index (χ1n) is 4.42. The Morgan fingerprint density at radius 1 is 1.29 bits per heavy atom. The summed E-state index contributed by atoms with van der Waals surface area (Å²) < 4.78 is 4.95. The molecule has 0 aliphatic heterocycles. The molecule has 72 valence electrons. The molecule has 0 saturated carbocycles. The maximum absolute atomic E-state index is 4.95. The van der Waals surface area contributed by atoms with Crippen LogP contribution < -0.4 is 5.32 Å². The average molecular weight is 189 g/mol. The van der Waals surface area contributed by atoms with Gasteiger partial charge in [0, 0.05) is 37.2 Å². The van der Waals surface area contributed by atoms with Crippen LogP contribution >= 0.6 is 0 Å². The largest absolute Gasteiger partial charge is 0.472 e. The molecular formula is C10H11N3O. The van der Waals surface area contributed by atoms with Crippen LogP contribution in [0.2, 0.25) is 0 Å². The number of nitrogens with one attached hydrogen (secondary N) is 1. The predicted molar refractivity (Wildman–Crippen MR) is 51.3 cm³/mol. The normalized spacial score (nSPS) is 10.3. The van der Waals surface area contributed by atoms with E-state index in [2.05, 4.69) is 15.3 Å². The van der Waals surface area contributed by atoms with Crippen molar-refractivity contribution in [2.75, 3.05) is 0 Å². The average Bonchev–Trinajstić information content (AvgIpc) is 2.72. The second-order valence-electron chi connectivity index (χ2n) is 2.93. The predicted octanol–water partition coefficient (Wildman–Crippen LogP) is 1.36. The lowest BCUT2D eigenvalue weighted by molar-refractivity contribution is 0.560. The van der Waals surface area contributed by atoms with E-state index in [1.165, 1.54) is 0 Å². The summed E-state index contributed by atoms with van der Waals surface area (Å²) in [5.74, 6) is 0. The molecule has 0 aliphatic rings. The lowest BCUT2D eigenvalue weighted by Crippen LogP contribution is -2.13. The van der Waals surface area contributed by atoms with Crippen molar-refractivity contribution < 1.29 is 4.42 Å². The third kappa shape index (κ3) is 2.40. The summed E-state index contributed by atoms with van der Waals surface area (Å²) in [5, 5.41) is 3.24. The molecule has 0 aliphatic carbocycles. The van der Waals surface area contributed by atoms with Crippen LogP contribution in [0.3, 0.4) is 0 Å². The van der Waals surface area contributed by atoms with Crippen LogP contribution in [-0.4, -0.2) is 9.97 Å². The highest BCUT2D eigenvalue weighted by Gasteiger charge is 1.95. The van der Waals surface area contributed by atoms with Gasteiger partial charge in [-0.25, -0.2) is 0 Å². The fourth-order valence-electron chi connectivity index (χ4n) is 1.15. The van der Waals surface area contributed by atoms with Gasteiger partial charge in [0.1, 0.15) is 0 Å². The fraction of sp³-hybridized carbons (Fsp3) is 0.200. The quantitative estimate of drug-likeness (QED) is 0.789. The van der Waals surface area contributed by atoms with E-state index in [1.54, 1.807) is 31.1 Å². The highest BCUT2D eigenvalue weighted by molar-refractivity contribution is 5.05. The first-order valence-corrected chi connectivity index (χ1v) is 4.42. The molecule has 0 bridgehead atoms. The molecule has 0 aromatic carbocycles. The van der Waals surface area contributed by atoms with E-state index in [-0.39, 0.29) is 0 Å². The summed E-state index contributed by atoms with van der Waals surface area (Å²) >= 11 is 0. The Kier molecular flexibility index (Phi) is 2.88. The van der Waals surface area contributed by atoms with Crippen LogP contribution in [0.1, 0.15) is 11.3 Å². The molecule has 2 aromatic heterocycles. The maximum atomic E-state index is 4.95. The summed E-state index contributed by atoms with van der Waals surface area (Å²) in [5.41, 5.74) is 2.07. The van der Waals surface area contributed by atoms with Crippen molar-refractivity contribution in [2.24, 2.45) is 0 Å². The van der Waals surface area contributed by atoms with Gasteiger partial charge in [-0.05, 0) is 6.07 Å². The van der Waals surface area contributed by atoms with Crippen molar-refractivity contribution in [1.29, 1.82) is 0 Å². The fourth-order valence-corrected chi connectivity index (χ4v) is 1.15. The van der Waals surface area contributed by atoms with Crippen LogP contribution in [0.25, 0.3) is 0 Å². The van der Waals surface area contributed by atoms with Gasteiger partial charge in [0.15, 0.2) is 0 Å². The third-order valence-electron chi connectivity index (χ3n) is 1.83. The summed E-state index contributed by atoms with van der Waals surface area (Å²) in [6.07, 6.45) is 8.50. The van der Waals surface area contributed by atoms with Crippen molar-refractivity contribution in [3.8, 4) is 0 Å². The van der Waals surface area contributed by atoms with E-state index in [0.717, 1.165) is 24.3 Å². The molecule has 0 fully saturated rings. The molecule has 0 saturated heterocycles. The van der Waals surface area contributed by atoms with E-state index >= 15 is 0 Å². The highest BCUT2D eigenvalue weighted by Crippen LogP contribution is 1.99. The van der Waals surface area contributed by atoms with E-state index in [0.29, 0.717) is 0 Å². The van der Waals surface area contributed by atoms with Gasteiger partial charge >= 0.3 is 0 Å². The third-order valence-corrected chi connectivity index (χ3v) is 1.83. The summed E-state index contributed by atoms with van der Waals surface area (Å²) in [7, 11) is 0. The second-order valence-corrected chi connectivity index (χ2v) is 2.93. The van der Waals surface area contributed by atoms with Crippen molar-refractivity contribution in [3.63, 3.8) is 0 Å². The summed E-state index contributed by atoms with van der Waals surface area (Å²) in [4.78, 5) is 8.13. The van der Waals surface area contributed by atoms with Crippen LogP contribution in [-0.2, 0) is 13.1 Å². The number of hydrogen-bond acceptors (Lipinski definition) is 4. The molecule has 2 heterocycles. The number of hydrogen-bond donors (Lipinski definition) is 1. The van der Waals surface area contributed by atoms with Crippen molar-refractivity contribution in [1.82, 2.24) is 15.3 Å². The van der Waals surface area contributed by atoms with Crippen LogP contribution in [0.15, 0.2) is 41.6 Å². The molecule has 0 spiro atoms. The van der Waals surface area contributed by atoms with E-state index < -0.39 is 0 Å². The molecule has 4 nitrogen and oxygen atoms in total. The lowest BCUT2D eigenvalue weighted by Gasteiger charge is -2.00. The topological polar surface area (TPSA) is 51.0 Å². The molecule has 1 N–H and O–H groups in total. The standard InChI is InChI=1S/C10H11N3O/c1-4-14-8-9(1)5-12-7-10-6-11-2-3-13-10/h1-4,6,8,12H,5,7H2. The summed E-state index contributed by atoms with van der Waals surface area (Å²) in [6, 6.07) is 1.93. The van der Waals surface area contributed by atoms with Crippen molar-refractivity contribution >= 4 is 0 Å². The number of nitrogens with zero attached hydrogens (tertiary/aromatic N) is 2. The zero-order chi connectivity index (χ0) is 9.64. The smallest absolute Gasteiger partial charge is 0.0947 e. The molecule has 0 unspecified atom stereocenters. The van der Waals surface area contributed by atoms with Crippen molar-refractivity contribution in [3.05, 3.63) is 48.4 Å². The minimum Gasteiger partial charge on any atom is -0.472 e. The van der Waals surface area contributed by atoms with Gasteiger partial charge in [0.05, 0.1) is 18.2 Å². The van der Waals surface area contributed by atoms with Gasteiger partial charge in [-0.1, -0.05) is 0 Å².